The van der Waals surface area contributed by atoms with E-state index in [9.17, 15) is 9.59 Å². The minimum Gasteiger partial charge on any atom is -0.398 e. The zero-order chi connectivity index (χ0) is 11.3. The number of carbonyl (C=O) groups is 2. The number of nitrogen functional groups attached to an aromatic ring is 1. The molecule has 76 valence electrons. The molecule has 0 saturated carbocycles. The number of rotatable bonds is 2. The Morgan fingerprint density at radius 2 is 2.27 bits per heavy atom. The molecule has 0 amide bonds. The van der Waals surface area contributed by atoms with Gasteiger partial charge in [-0.2, -0.15) is 0 Å². The molecule has 15 heavy (non-hydrogen) atoms. The van der Waals surface area contributed by atoms with Crippen molar-refractivity contribution < 1.29 is 9.59 Å². The third-order valence-corrected chi connectivity index (χ3v) is 1.85. The second kappa shape index (κ2) is 4.97. The van der Waals surface area contributed by atoms with Gasteiger partial charge in [-0.3, -0.25) is 4.79 Å². The molecule has 0 aliphatic carbocycles. The lowest BCUT2D eigenvalue weighted by atomic mass is 10.1. The van der Waals surface area contributed by atoms with Crippen LogP contribution >= 0.6 is 0 Å². The third kappa shape index (κ3) is 2.96. The summed E-state index contributed by atoms with van der Waals surface area (Å²) in [4.78, 5) is 21.2. The summed E-state index contributed by atoms with van der Waals surface area (Å²) < 4.78 is 0. The van der Waals surface area contributed by atoms with Crippen molar-refractivity contribution in [1.29, 1.82) is 0 Å². The van der Waals surface area contributed by atoms with E-state index in [1.165, 1.54) is 6.92 Å². The molecule has 0 heterocycles. The predicted octanol–water partition coefficient (Wildman–Crippen LogP) is 1.41. The van der Waals surface area contributed by atoms with Crippen molar-refractivity contribution in [2.75, 3.05) is 5.73 Å². The van der Waals surface area contributed by atoms with Crippen molar-refractivity contribution in [3.8, 4) is 11.8 Å². The lowest BCUT2D eigenvalue weighted by molar-refractivity contribution is -0.107. The number of aldehydes is 1. The van der Waals surface area contributed by atoms with Crippen LogP contribution in [0.3, 0.4) is 0 Å². The predicted molar refractivity (Wildman–Crippen MR) is 58.4 cm³/mol. The fourth-order valence-electron chi connectivity index (χ4n) is 1.13. The summed E-state index contributed by atoms with van der Waals surface area (Å²) in [5, 5.41) is 0. The number of hydrogen-bond donors (Lipinski definition) is 1. The van der Waals surface area contributed by atoms with Crippen molar-refractivity contribution in [2.24, 2.45) is 0 Å². The Bertz CT molecular complexity index is 452. The molecule has 3 nitrogen and oxygen atoms in total. The summed E-state index contributed by atoms with van der Waals surface area (Å²) in [5.41, 5.74) is 7.22. The van der Waals surface area contributed by atoms with E-state index in [0.717, 1.165) is 6.29 Å². The molecule has 0 unspecified atom stereocenters. The highest BCUT2D eigenvalue weighted by Crippen LogP contribution is 2.14. The summed E-state index contributed by atoms with van der Waals surface area (Å²) in [6, 6.07) is 5.00. The smallest absolute Gasteiger partial charge is 0.161 e. The number of nitrogens with two attached hydrogens (primary N) is 1. The molecule has 0 aliphatic rings. The van der Waals surface area contributed by atoms with Gasteiger partial charge < -0.3 is 10.5 Å². The van der Waals surface area contributed by atoms with Crippen molar-refractivity contribution in [3.63, 3.8) is 0 Å². The van der Waals surface area contributed by atoms with Gasteiger partial charge in [-0.05, 0) is 25.1 Å². The normalized spacial score (nSPS) is 8.87. The number of hydrogen-bond acceptors (Lipinski definition) is 3. The zero-order valence-electron chi connectivity index (χ0n) is 8.41. The highest BCUT2D eigenvalue weighted by Gasteiger charge is 2.04. The van der Waals surface area contributed by atoms with Gasteiger partial charge in [-0.25, -0.2) is 0 Å². The number of ketones is 1. The van der Waals surface area contributed by atoms with E-state index < -0.39 is 0 Å². The van der Waals surface area contributed by atoms with Gasteiger partial charge in [0.25, 0.3) is 0 Å². The van der Waals surface area contributed by atoms with Crippen LogP contribution < -0.4 is 5.73 Å². The first-order valence-corrected chi connectivity index (χ1v) is 4.48. The first-order chi connectivity index (χ1) is 7.15. The topological polar surface area (TPSA) is 60.2 Å². The van der Waals surface area contributed by atoms with E-state index in [1.807, 2.05) is 0 Å². The van der Waals surface area contributed by atoms with Gasteiger partial charge in [-0.15, -0.1) is 0 Å². The van der Waals surface area contributed by atoms with Gasteiger partial charge in [0.1, 0.15) is 6.29 Å². The molecule has 0 fully saturated rings. The van der Waals surface area contributed by atoms with Crippen LogP contribution in [-0.2, 0) is 4.79 Å². The second-order valence-corrected chi connectivity index (χ2v) is 3.03. The Morgan fingerprint density at radius 3 is 2.87 bits per heavy atom. The van der Waals surface area contributed by atoms with Gasteiger partial charge in [0.05, 0.1) is 6.42 Å². The average molecular weight is 201 g/mol. The molecule has 0 aliphatic heterocycles. The van der Waals surface area contributed by atoms with Crippen molar-refractivity contribution in [1.82, 2.24) is 0 Å². The molecule has 1 aromatic rings. The fourth-order valence-corrected chi connectivity index (χ4v) is 1.13. The zero-order valence-corrected chi connectivity index (χ0v) is 8.41. The highest BCUT2D eigenvalue weighted by molar-refractivity contribution is 5.99. The average Bonchev–Trinajstić information content (AvgIpc) is 2.20. The quantitative estimate of drug-likeness (QED) is 0.340. The molecule has 0 aromatic heterocycles. The molecule has 0 bridgehead atoms. The second-order valence-electron chi connectivity index (χ2n) is 3.03. The molecule has 0 saturated heterocycles. The van der Waals surface area contributed by atoms with Gasteiger partial charge in [0, 0.05) is 16.8 Å². The third-order valence-electron chi connectivity index (χ3n) is 1.85. The molecular weight excluding hydrogens is 190 g/mol. The summed E-state index contributed by atoms with van der Waals surface area (Å²) in [7, 11) is 0. The molecule has 3 heteroatoms. The number of Topliss-reactive ketones (excluding diaryl/α,β-unsaturated/α-hetero) is 1. The lowest BCUT2D eigenvalue weighted by Crippen LogP contribution is -1.99. The maximum absolute atomic E-state index is 11.2. The lowest BCUT2D eigenvalue weighted by Gasteiger charge is -2.01. The van der Waals surface area contributed by atoms with Crippen LogP contribution in [0.1, 0.15) is 29.3 Å². The first-order valence-electron chi connectivity index (χ1n) is 4.48. The van der Waals surface area contributed by atoms with Crippen LogP contribution in [0, 0.1) is 11.8 Å². The number of carbonyl (C=O) groups excluding carboxylic acids is 2. The highest BCUT2D eigenvalue weighted by atomic mass is 16.1. The number of benzene rings is 1. The van der Waals surface area contributed by atoms with Crippen LogP contribution in [0.25, 0.3) is 0 Å². The fraction of sp³-hybridized carbons (Fsp3) is 0.167. The maximum Gasteiger partial charge on any atom is 0.161 e. The van der Waals surface area contributed by atoms with Crippen LogP contribution in [0.2, 0.25) is 0 Å². The van der Waals surface area contributed by atoms with E-state index in [1.54, 1.807) is 18.2 Å². The van der Waals surface area contributed by atoms with Gasteiger partial charge in [0.15, 0.2) is 5.78 Å². The van der Waals surface area contributed by atoms with Crippen LogP contribution in [0.15, 0.2) is 18.2 Å². The maximum atomic E-state index is 11.2. The number of anilines is 1. The Kier molecular flexibility index (Phi) is 3.64. The molecule has 0 spiro atoms. The van der Waals surface area contributed by atoms with Crippen LogP contribution in [-0.4, -0.2) is 12.1 Å². The Labute approximate surface area is 88.3 Å². The van der Waals surface area contributed by atoms with Crippen molar-refractivity contribution in [2.45, 2.75) is 13.3 Å². The summed E-state index contributed by atoms with van der Waals surface area (Å²) in [5.74, 6) is 5.35. The molecule has 2 N–H and O–H groups in total. The Balaban J connectivity index is 3.04. The van der Waals surface area contributed by atoms with Gasteiger partial charge in [0.2, 0.25) is 0 Å². The van der Waals surface area contributed by atoms with Gasteiger partial charge in [-0.1, -0.05) is 11.8 Å². The molecule has 1 aromatic carbocycles. The molecule has 0 radical (unpaired) electrons. The van der Waals surface area contributed by atoms with Crippen molar-refractivity contribution in [3.05, 3.63) is 29.3 Å². The standard InChI is InChI=1S/C12H11NO2/c1-9(15)11-8-10(4-2-3-7-14)5-6-12(11)13/h5-8H,3,13H2,1H3. The summed E-state index contributed by atoms with van der Waals surface area (Å²) >= 11 is 0. The van der Waals surface area contributed by atoms with E-state index in [-0.39, 0.29) is 12.2 Å². The Hall–Kier alpha value is -2.08. The molecule has 1 rings (SSSR count). The largest absolute Gasteiger partial charge is 0.398 e. The minimum atomic E-state index is -0.0912. The van der Waals surface area contributed by atoms with E-state index in [4.69, 9.17) is 5.73 Å². The van der Waals surface area contributed by atoms with Gasteiger partial charge >= 0.3 is 0 Å². The van der Waals surface area contributed by atoms with Crippen molar-refractivity contribution >= 4 is 17.8 Å². The van der Waals surface area contributed by atoms with Crippen LogP contribution in [0.5, 0.6) is 0 Å². The Morgan fingerprint density at radius 1 is 1.53 bits per heavy atom. The van der Waals surface area contributed by atoms with Crippen LogP contribution in [0.4, 0.5) is 5.69 Å². The minimum absolute atomic E-state index is 0.0912. The van der Waals surface area contributed by atoms with E-state index >= 15 is 0 Å². The first kappa shape index (κ1) is 11.0. The molecular formula is C12H11NO2. The summed E-state index contributed by atoms with van der Waals surface area (Å²) in [6.07, 6.45) is 0.927. The summed E-state index contributed by atoms with van der Waals surface area (Å²) in [6.45, 7) is 1.45. The van der Waals surface area contributed by atoms with E-state index in [2.05, 4.69) is 11.8 Å². The SMILES string of the molecule is CC(=O)c1cc(C#CCC=O)ccc1N. The van der Waals surface area contributed by atoms with E-state index in [0.29, 0.717) is 16.8 Å². The monoisotopic (exact) mass is 201 g/mol. The molecule has 0 atom stereocenters.